The predicted octanol–water partition coefficient (Wildman–Crippen LogP) is 3.66. The average molecular weight is 279 g/mol. The molecule has 0 radical (unpaired) electrons. The fourth-order valence-corrected chi connectivity index (χ4v) is 5.33. The smallest absolute Gasteiger partial charge is 0.257 e. The third-order valence-electron chi connectivity index (χ3n) is 1.32. The van der Waals surface area contributed by atoms with E-state index >= 15 is 0 Å². The molecule has 0 bridgehead atoms. The van der Waals surface area contributed by atoms with Crippen molar-refractivity contribution in [2.24, 2.45) is 0 Å². The van der Waals surface area contributed by atoms with Gasteiger partial charge < -0.3 is 0 Å². The van der Waals surface area contributed by atoms with Gasteiger partial charge in [-0.2, -0.15) is 0 Å². The first-order chi connectivity index (χ1) is 5.79. The van der Waals surface area contributed by atoms with Crippen LogP contribution in [0.25, 0.3) is 9.75 Å². The quantitative estimate of drug-likeness (QED) is 0.728. The molecule has 2 heterocycles. The second-order valence-electron chi connectivity index (χ2n) is 2.07. The molecule has 0 amide bonds. The van der Waals surface area contributed by atoms with Gasteiger partial charge in [0.25, 0.3) is 4.74 Å². The third-order valence-corrected chi connectivity index (χ3v) is 5.86. The number of halogens is 1. The summed E-state index contributed by atoms with van der Waals surface area (Å²) in [6.07, 6.45) is 0. The van der Waals surface area contributed by atoms with Gasteiger partial charge in [0.15, 0.2) is 0 Å². The van der Waals surface area contributed by atoms with E-state index in [4.69, 9.17) is 0 Å². The van der Waals surface area contributed by atoms with E-state index in [1.54, 1.807) is 11.3 Å². The first-order valence-electron chi connectivity index (χ1n) is 3.11. The molecule has 0 aliphatic rings. The van der Waals surface area contributed by atoms with Crippen LogP contribution in [0.15, 0.2) is 26.8 Å². The molecule has 2 rings (SSSR count). The standard InChI is InChI=1S/C7H3BrOS3/c8-5-6(11-12-7(5)9)4-2-1-3-10-4/h1-3H. The fraction of sp³-hybridized carbons (Fsp3) is 0. The van der Waals surface area contributed by atoms with E-state index in [1.807, 2.05) is 17.5 Å². The van der Waals surface area contributed by atoms with Crippen molar-refractivity contribution in [3.8, 4) is 9.75 Å². The van der Waals surface area contributed by atoms with E-state index in [2.05, 4.69) is 15.9 Å². The van der Waals surface area contributed by atoms with Crippen molar-refractivity contribution >= 4 is 47.9 Å². The average Bonchev–Trinajstić information content (AvgIpc) is 2.64. The molecule has 0 saturated heterocycles. The predicted molar refractivity (Wildman–Crippen MR) is 59.5 cm³/mol. The highest BCUT2D eigenvalue weighted by Crippen LogP contribution is 2.35. The van der Waals surface area contributed by atoms with Gasteiger partial charge in [-0.05, 0) is 37.7 Å². The summed E-state index contributed by atoms with van der Waals surface area (Å²) in [5, 5.41) is 2.01. The van der Waals surface area contributed by atoms with Crippen LogP contribution in [0, 0.1) is 0 Å². The maximum atomic E-state index is 11.1. The summed E-state index contributed by atoms with van der Waals surface area (Å²) in [7, 11) is 2.80. The van der Waals surface area contributed by atoms with Crippen LogP contribution in [-0.4, -0.2) is 0 Å². The van der Waals surface area contributed by atoms with Crippen LogP contribution in [0.1, 0.15) is 0 Å². The Bertz CT molecular complexity index is 426. The summed E-state index contributed by atoms with van der Waals surface area (Å²) in [5.74, 6) is 0. The molecule has 0 aliphatic carbocycles. The van der Waals surface area contributed by atoms with Crippen LogP contribution in [-0.2, 0) is 0 Å². The van der Waals surface area contributed by atoms with Crippen LogP contribution >= 0.6 is 47.9 Å². The Balaban J connectivity index is 2.62. The molecule has 0 N–H and O–H groups in total. The third kappa shape index (κ3) is 1.42. The van der Waals surface area contributed by atoms with E-state index in [1.165, 1.54) is 20.7 Å². The largest absolute Gasteiger partial charge is 0.276 e. The molecular weight excluding hydrogens is 276 g/mol. The minimum Gasteiger partial charge on any atom is -0.276 e. The van der Waals surface area contributed by atoms with Crippen molar-refractivity contribution in [3.63, 3.8) is 0 Å². The molecule has 0 aliphatic heterocycles. The van der Waals surface area contributed by atoms with E-state index in [9.17, 15) is 4.79 Å². The summed E-state index contributed by atoms with van der Waals surface area (Å²) in [4.78, 5) is 13.3. The zero-order chi connectivity index (χ0) is 8.55. The van der Waals surface area contributed by atoms with Crippen LogP contribution < -0.4 is 4.74 Å². The molecule has 2 aromatic heterocycles. The van der Waals surface area contributed by atoms with Gasteiger partial charge in [-0.25, -0.2) is 0 Å². The molecule has 0 unspecified atom stereocenters. The maximum Gasteiger partial charge on any atom is 0.257 e. The second-order valence-corrected chi connectivity index (χ2v) is 5.93. The molecule has 0 atom stereocenters. The van der Waals surface area contributed by atoms with Gasteiger partial charge in [0.05, 0.1) is 9.35 Å². The minimum absolute atomic E-state index is 0.114. The molecule has 0 fully saturated rings. The first-order valence-corrected chi connectivity index (χ1v) is 6.94. The summed E-state index contributed by atoms with van der Waals surface area (Å²) in [5.41, 5.74) is 0. The molecule has 5 heteroatoms. The van der Waals surface area contributed by atoms with Gasteiger partial charge >= 0.3 is 0 Å². The van der Waals surface area contributed by atoms with Crippen molar-refractivity contribution in [1.29, 1.82) is 0 Å². The molecule has 62 valence electrons. The van der Waals surface area contributed by atoms with Crippen molar-refractivity contribution in [2.75, 3.05) is 0 Å². The Morgan fingerprint density at radius 3 is 2.67 bits per heavy atom. The summed E-state index contributed by atoms with van der Waals surface area (Å²) in [6.45, 7) is 0. The monoisotopic (exact) mass is 278 g/mol. The van der Waals surface area contributed by atoms with Gasteiger partial charge in [0.2, 0.25) is 0 Å². The van der Waals surface area contributed by atoms with Crippen molar-refractivity contribution in [1.82, 2.24) is 0 Å². The van der Waals surface area contributed by atoms with Gasteiger partial charge in [-0.15, -0.1) is 11.3 Å². The minimum atomic E-state index is 0.114. The van der Waals surface area contributed by atoms with Gasteiger partial charge in [0.1, 0.15) is 0 Å². The first kappa shape index (κ1) is 8.62. The van der Waals surface area contributed by atoms with E-state index < -0.39 is 0 Å². The second kappa shape index (κ2) is 3.41. The van der Waals surface area contributed by atoms with Gasteiger partial charge in [-0.1, -0.05) is 16.4 Å². The molecule has 1 nitrogen and oxygen atoms in total. The van der Waals surface area contributed by atoms with E-state index in [-0.39, 0.29) is 4.74 Å². The van der Waals surface area contributed by atoms with Crippen LogP contribution in [0.4, 0.5) is 0 Å². The van der Waals surface area contributed by atoms with Crippen LogP contribution in [0.2, 0.25) is 0 Å². The van der Waals surface area contributed by atoms with Gasteiger partial charge in [0, 0.05) is 4.88 Å². The lowest BCUT2D eigenvalue weighted by molar-refractivity contribution is 1.77. The molecule has 0 spiro atoms. The van der Waals surface area contributed by atoms with E-state index in [0.717, 1.165) is 9.75 Å². The van der Waals surface area contributed by atoms with E-state index in [0.29, 0.717) is 4.47 Å². The topological polar surface area (TPSA) is 17.1 Å². The number of hydrogen-bond acceptors (Lipinski definition) is 4. The van der Waals surface area contributed by atoms with Gasteiger partial charge in [-0.3, -0.25) is 4.79 Å². The highest BCUT2D eigenvalue weighted by Gasteiger charge is 2.09. The maximum absolute atomic E-state index is 11.1. The lowest BCUT2D eigenvalue weighted by Gasteiger charge is -1.88. The lowest BCUT2D eigenvalue weighted by Crippen LogP contribution is -1.87. The zero-order valence-corrected chi connectivity index (χ0v) is 9.78. The van der Waals surface area contributed by atoms with Crippen molar-refractivity contribution in [2.45, 2.75) is 0 Å². The molecule has 12 heavy (non-hydrogen) atoms. The highest BCUT2D eigenvalue weighted by atomic mass is 79.9. The summed E-state index contributed by atoms with van der Waals surface area (Å²) < 4.78 is 0.823. The van der Waals surface area contributed by atoms with Crippen molar-refractivity contribution < 1.29 is 0 Å². The molecule has 0 saturated carbocycles. The molecule has 2 aromatic rings. The summed E-state index contributed by atoms with van der Waals surface area (Å²) in [6, 6.07) is 4.01. The Kier molecular flexibility index (Phi) is 2.45. The zero-order valence-electron chi connectivity index (χ0n) is 5.74. The molecular formula is C7H3BrOS3. The Hall–Kier alpha value is 0.0300. The summed E-state index contributed by atoms with van der Waals surface area (Å²) >= 11 is 4.94. The lowest BCUT2D eigenvalue weighted by atomic mass is 10.4. The number of hydrogen-bond donors (Lipinski definition) is 0. The Morgan fingerprint density at radius 1 is 1.33 bits per heavy atom. The number of rotatable bonds is 1. The van der Waals surface area contributed by atoms with Crippen molar-refractivity contribution in [3.05, 3.63) is 31.5 Å². The SMILES string of the molecule is O=c1ssc(-c2cccs2)c1Br. The molecule has 0 aromatic carbocycles. The number of thiophene rings is 1. The fourth-order valence-electron chi connectivity index (χ4n) is 0.802. The van der Waals surface area contributed by atoms with Crippen LogP contribution in [0.3, 0.4) is 0 Å². The van der Waals surface area contributed by atoms with Crippen LogP contribution in [0.5, 0.6) is 0 Å². The Morgan fingerprint density at radius 2 is 2.17 bits per heavy atom. The normalized spacial score (nSPS) is 10.4. The highest BCUT2D eigenvalue weighted by molar-refractivity contribution is 9.10. The Labute approximate surface area is 88.8 Å².